The minimum atomic E-state index is 0.648. The van der Waals surface area contributed by atoms with Gasteiger partial charge in [0.05, 0.1) is 0 Å². The molecular weight excluding hydrogens is 274 g/mol. The summed E-state index contributed by atoms with van der Waals surface area (Å²) in [7, 11) is 0. The summed E-state index contributed by atoms with van der Waals surface area (Å²) in [6, 6.07) is 7.87. The van der Waals surface area contributed by atoms with Crippen molar-refractivity contribution in [2.75, 3.05) is 5.73 Å². The van der Waals surface area contributed by atoms with Crippen molar-refractivity contribution in [1.29, 1.82) is 0 Å². The monoisotopic (exact) mass is 285 g/mol. The van der Waals surface area contributed by atoms with Gasteiger partial charge in [0, 0.05) is 45.7 Å². The van der Waals surface area contributed by atoms with Crippen molar-refractivity contribution >= 4 is 29.7 Å². The number of aromatic nitrogens is 2. The van der Waals surface area contributed by atoms with Crippen LogP contribution in [0.4, 0.5) is 5.69 Å². The summed E-state index contributed by atoms with van der Waals surface area (Å²) in [6.45, 7) is 0. The molecule has 1 aromatic carbocycles. The van der Waals surface area contributed by atoms with Crippen LogP contribution in [0.15, 0.2) is 53.1 Å². The lowest BCUT2D eigenvalue weighted by atomic mass is 10.0. The number of benzene rings is 1. The summed E-state index contributed by atoms with van der Waals surface area (Å²) < 4.78 is 0. The Kier molecular flexibility index (Phi) is 3.23. The lowest BCUT2D eigenvalue weighted by Crippen LogP contribution is -1.92. The minimum Gasteiger partial charge on any atom is -0.398 e. The summed E-state index contributed by atoms with van der Waals surface area (Å²) in [5.74, 6) is 0. The van der Waals surface area contributed by atoms with E-state index in [2.05, 4.69) is 28.7 Å². The molecule has 0 saturated heterocycles. The van der Waals surface area contributed by atoms with Crippen LogP contribution in [0, 0.1) is 0 Å². The van der Waals surface area contributed by atoms with Gasteiger partial charge in [-0.25, -0.2) is 4.98 Å². The van der Waals surface area contributed by atoms with Crippen LogP contribution in [0.25, 0.3) is 21.7 Å². The summed E-state index contributed by atoms with van der Waals surface area (Å²) in [4.78, 5) is 9.22. The van der Waals surface area contributed by atoms with Gasteiger partial charge in [-0.3, -0.25) is 4.98 Å². The van der Waals surface area contributed by atoms with Crippen LogP contribution in [0.1, 0.15) is 0 Å². The number of thiazole rings is 1. The van der Waals surface area contributed by atoms with Gasteiger partial charge in [-0.1, -0.05) is 6.07 Å². The van der Waals surface area contributed by atoms with Gasteiger partial charge in [-0.15, -0.1) is 24.0 Å². The number of nitrogens with zero attached hydrogens (tertiary/aromatic N) is 2. The number of pyridine rings is 1. The first-order valence-electron chi connectivity index (χ1n) is 5.68. The molecule has 2 N–H and O–H groups in total. The highest BCUT2D eigenvalue weighted by Crippen LogP contribution is 2.36. The van der Waals surface area contributed by atoms with Gasteiger partial charge >= 0.3 is 0 Å². The van der Waals surface area contributed by atoms with Crippen molar-refractivity contribution in [3.63, 3.8) is 0 Å². The van der Waals surface area contributed by atoms with Crippen LogP contribution in [0.5, 0.6) is 0 Å². The zero-order chi connectivity index (χ0) is 13.2. The van der Waals surface area contributed by atoms with Crippen LogP contribution < -0.4 is 5.73 Å². The zero-order valence-corrected chi connectivity index (χ0v) is 11.7. The molecule has 0 aliphatic rings. The molecule has 3 aromatic rings. The summed E-state index contributed by atoms with van der Waals surface area (Å²) in [5.41, 5.74) is 9.70. The Hall–Kier alpha value is -1.85. The highest BCUT2D eigenvalue weighted by Gasteiger charge is 2.11. The van der Waals surface area contributed by atoms with Crippen molar-refractivity contribution in [2.24, 2.45) is 0 Å². The van der Waals surface area contributed by atoms with Crippen LogP contribution in [-0.2, 0) is 0 Å². The molecule has 0 bridgehead atoms. The Morgan fingerprint density at radius 2 is 2.05 bits per heavy atom. The SMILES string of the molecule is Nc1cc(-c2cccnc2)cc(-c2nccs2)c1S. The first kappa shape index (κ1) is 12.2. The third-order valence-electron chi connectivity index (χ3n) is 2.80. The zero-order valence-electron chi connectivity index (χ0n) is 9.95. The number of nitrogen functional groups attached to an aromatic ring is 1. The molecule has 0 amide bonds. The molecule has 0 radical (unpaired) electrons. The first-order valence-corrected chi connectivity index (χ1v) is 7.01. The lowest BCUT2D eigenvalue weighted by Gasteiger charge is -2.09. The Morgan fingerprint density at radius 1 is 1.16 bits per heavy atom. The van der Waals surface area contributed by atoms with E-state index in [1.807, 2.05) is 29.8 Å². The van der Waals surface area contributed by atoms with E-state index in [0.29, 0.717) is 5.69 Å². The normalized spacial score (nSPS) is 10.6. The second-order valence-corrected chi connectivity index (χ2v) is 5.38. The average Bonchev–Trinajstić information content (AvgIpc) is 2.96. The first-order chi connectivity index (χ1) is 9.25. The molecule has 2 heterocycles. The van der Waals surface area contributed by atoms with Crippen LogP contribution >= 0.6 is 24.0 Å². The summed E-state index contributed by atoms with van der Waals surface area (Å²) >= 11 is 6.06. The van der Waals surface area contributed by atoms with Gasteiger partial charge in [0.25, 0.3) is 0 Å². The molecule has 94 valence electrons. The fourth-order valence-electron chi connectivity index (χ4n) is 1.88. The van der Waals surface area contributed by atoms with Crippen molar-refractivity contribution in [3.05, 3.63) is 48.2 Å². The van der Waals surface area contributed by atoms with Crippen molar-refractivity contribution < 1.29 is 0 Å². The molecule has 5 heteroatoms. The minimum absolute atomic E-state index is 0.648. The largest absolute Gasteiger partial charge is 0.398 e. The number of anilines is 1. The smallest absolute Gasteiger partial charge is 0.124 e. The van der Waals surface area contributed by atoms with Gasteiger partial charge in [0.1, 0.15) is 5.01 Å². The molecule has 3 rings (SSSR count). The molecule has 0 fully saturated rings. The number of thiol groups is 1. The van der Waals surface area contributed by atoms with Crippen LogP contribution in [-0.4, -0.2) is 9.97 Å². The number of hydrogen-bond donors (Lipinski definition) is 2. The molecule has 0 aliphatic heterocycles. The summed E-state index contributed by atoms with van der Waals surface area (Å²) in [6.07, 6.45) is 5.35. The van der Waals surface area contributed by atoms with Gasteiger partial charge < -0.3 is 5.73 Å². The summed E-state index contributed by atoms with van der Waals surface area (Å²) in [5, 5.41) is 2.86. The molecule has 0 saturated carbocycles. The topological polar surface area (TPSA) is 51.8 Å². The number of nitrogens with two attached hydrogens (primary N) is 1. The van der Waals surface area contributed by atoms with E-state index in [9.17, 15) is 0 Å². The molecule has 0 atom stereocenters. The van der Waals surface area contributed by atoms with Gasteiger partial charge in [-0.2, -0.15) is 0 Å². The third kappa shape index (κ3) is 2.34. The van der Waals surface area contributed by atoms with Crippen LogP contribution in [0.2, 0.25) is 0 Å². The lowest BCUT2D eigenvalue weighted by molar-refractivity contribution is 1.32. The average molecular weight is 285 g/mol. The predicted octanol–water partition coefficient (Wildman–Crippen LogP) is 3.74. The van der Waals surface area contributed by atoms with E-state index < -0.39 is 0 Å². The molecule has 0 unspecified atom stereocenters. The second kappa shape index (κ2) is 5.03. The van der Waals surface area contributed by atoms with E-state index in [1.54, 1.807) is 23.7 Å². The van der Waals surface area contributed by atoms with Gasteiger partial charge in [-0.05, 0) is 23.8 Å². The Labute approximate surface area is 120 Å². The molecular formula is C14H11N3S2. The Morgan fingerprint density at radius 3 is 2.74 bits per heavy atom. The van der Waals surface area contributed by atoms with Crippen molar-refractivity contribution in [2.45, 2.75) is 4.90 Å². The Bertz CT molecular complexity index is 694. The highest BCUT2D eigenvalue weighted by atomic mass is 32.1. The fourth-order valence-corrected chi connectivity index (χ4v) is 2.85. The van der Waals surface area contributed by atoms with Crippen LogP contribution in [0.3, 0.4) is 0 Å². The number of rotatable bonds is 2. The van der Waals surface area contributed by atoms with E-state index in [0.717, 1.165) is 26.6 Å². The highest BCUT2D eigenvalue weighted by molar-refractivity contribution is 7.80. The van der Waals surface area contributed by atoms with E-state index >= 15 is 0 Å². The van der Waals surface area contributed by atoms with E-state index in [1.165, 1.54) is 0 Å². The molecule has 0 aliphatic carbocycles. The van der Waals surface area contributed by atoms with E-state index in [4.69, 9.17) is 5.73 Å². The molecule has 2 aromatic heterocycles. The van der Waals surface area contributed by atoms with Gasteiger partial charge in [0.15, 0.2) is 0 Å². The Balaban J connectivity index is 2.19. The second-order valence-electron chi connectivity index (χ2n) is 4.04. The maximum atomic E-state index is 6.04. The van der Waals surface area contributed by atoms with Crippen molar-refractivity contribution in [3.8, 4) is 21.7 Å². The predicted molar refractivity (Wildman–Crippen MR) is 82.4 cm³/mol. The standard InChI is InChI=1S/C14H11N3S2/c15-12-7-10(9-2-1-3-16-8-9)6-11(13(12)18)14-17-4-5-19-14/h1-8,18H,15H2. The maximum Gasteiger partial charge on any atom is 0.124 e. The van der Waals surface area contributed by atoms with Crippen molar-refractivity contribution in [1.82, 2.24) is 9.97 Å². The molecule has 19 heavy (non-hydrogen) atoms. The van der Waals surface area contributed by atoms with Gasteiger partial charge in [0.2, 0.25) is 0 Å². The molecule has 0 spiro atoms. The maximum absolute atomic E-state index is 6.04. The third-order valence-corrected chi connectivity index (χ3v) is 4.10. The number of hydrogen-bond acceptors (Lipinski definition) is 5. The van der Waals surface area contributed by atoms with E-state index in [-0.39, 0.29) is 0 Å². The quantitative estimate of drug-likeness (QED) is 0.557. The fraction of sp³-hybridized carbons (Fsp3) is 0. The molecule has 3 nitrogen and oxygen atoms in total.